The van der Waals surface area contributed by atoms with E-state index in [-0.39, 0.29) is 12.1 Å². The van der Waals surface area contributed by atoms with Gasteiger partial charge in [0, 0.05) is 17.1 Å². The summed E-state index contributed by atoms with van der Waals surface area (Å²) in [5, 5.41) is 15.5. The van der Waals surface area contributed by atoms with Gasteiger partial charge >= 0.3 is 6.03 Å². The molecule has 1 heterocycles. The molecule has 2 unspecified atom stereocenters. The lowest BCUT2D eigenvalue weighted by Crippen LogP contribution is -2.38. The van der Waals surface area contributed by atoms with E-state index in [1.807, 2.05) is 6.07 Å². The third kappa shape index (κ3) is 4.79. The molecule has 21 heavy (non-hydrogen) atoms. The van der Waals surface area contributed by atoms with E-state index in [1.165, 1.54) is 0 Å². The van der Waals surface area contributed by atoms with Crippen LogP contribution < -0.4 is 15.4 Å². The first-order chi connectivity index (χ1) is 10.1. The first-order valence-electron chi connectivity index (χ1n) is 7.21. The molecule has 2 rings (SSSR count). The lowest BCUT2D eigenvalue weighted by atomic mass is 10.0. The summed E-state index contributed by atoms with van der Waals surface area (Å²) in [5.41, 5.74) is 0.947. The molecule has 1 aromatic carbocycles. The van der Waals surface area contributed by atoms with Gasteiger partial charge < -0.3 is 20.5 Å². The normalized spacial score (nSPS) is 18.9. The highest BCUT2D eigenvalue weighted by atomic mass is 35.5. The van der Waals surface area contributed by atoms with Crippen LogP contribution >= 0.6 is 11.6 Å². The number of urea groups is 1. The van der Waals surface area contributed by atoms with Crippen LogP contribution in [0, 0.1) is 0 Å². The van der Waals surface area contributed by atoms with Gasteiger partial charge in [-0.05, 0) is 38.3 Å². The Balaban J connectivity index is 1.98. The minimum absolute atomic E-state index is 0.0914. The maximum atomic E-state index is 11.9. The molecule has 2 amide bonds. The fourth-order valence-electron chi connectivity index (χ4n) is 2.30. The van der Waals surface area contributed by atoms with E-state index in [1.54, 1.807) is 19.1 Å². The molecule has 5 nitrogen and oxygen atoms in total. The van der Waals surface area contributed by atoms with E-state index < -0.39 is 6.10 Å². The van der Waals surface area contributed by atoms with Crippen LogP contribution in [-0.2, 0) is 0 Å². The second kappa shape index (κ2) is 7.52. The van der Waals surface area contributed by atoms with Gasteiger partial charge in [0.2, 0.25) is 0 Å². The van der Waals surface area contributed by atoms with Crippen molar-refractivity contribution < 1.29 is 14.6 Å². The zero-order valence-corrected chi connectivity index (χ0v) is 12.8. The summed E-state index contributed by atoms with van der Waals surface area (Å²) in [4.78, 5) is 11.9. The summed E-state index contributed by atoms with van der Waals surface area (Å²) >= 11 is 5.98. The zero-order chi connectivity index (χ0) is 15.2. The van der Waals surface area contributed by atoms with Crippen LogP contribution in [0.5, 0.6) is 5.75 Å². The highest BCUT2D eigenvalue weighted by molar-refractivity contribution is 6.30. The van der Waals surface area contributed by atoms with Crippen LogP contribution in [0.3, 0.4) is 0 Å². The van der Waals surface area contributed by atoms with Crippen molar-refractivity contribution in [2.45, 2.75) is 38.3 Å². The Labute approximate surface area is 129 Å². The number of hydrogen-bond acceptors (Lipinski definition) is 3. The summed E-state index contributed by atoms with van der Waals surface area (Å²) in [6.45, 7) is 2.76. The summed E-state index contributed by atoms with van der Waals surface area (Å²) < 4.78 is 5.66. The molecule has 0 spiro atoms. The van der Waals surface area contributed by atoms with Gasteiger partial charge in [0.05, 0.1) is 18.8 Å². The van der Waals surface area contributed by atoms with E-state index >= 15 is 0 Å². The second-order valence-corrected chi connectivity index (χ2v) is 5.70. The molecule has 0 radical (unpaired) electrons. The van der Waals surface area contributed by atoms with E-state index in [9.17, 15) is 9.90 Å². The Kier molecular flexibility index (Phi) is 5.70. The monoisotopic (exact) mass is 312 g/mol. The highest BCUT2D eigenvalue weighted by Crippen LogP contribution is 2.33. The standard InChI is InChI=1S/C15H21ClN2O3/c1-10(19)6-7-17-15(20)18-13-3-2-8-21-14-9-11(16)4-5-12(13)14/h4-5,9-10,13,19H,2-3,6-8H2,1H3,(H2,17,18,20). The number of carbonyl (C=O) groups is 1. The largest absolute Gasteiger partial charge is 0.493 e. The summed E-state index contributed by atoms with van der Waals surface area (Å²) in [6, 6.07) is 5.15. The molecule has 1 aromatic rings. The summed E-state index contributed by atoms with van der Waals surface area (Å²) in [5.74, 6) is 0.731. The number of fused-ring (bicyclic) bond motifs is 1. The smallest absolute Gasteiger partial charge is 0.315 e. The number of amides is 2. The van der Waals surface area contributed by atoms with Gasteiger partial charge in [0.1, 0.15) is 5.75 Å². The van der Waals surface area contributed by atoms with Crippen LogP contribution in [0.4, 0.5) is 4.79 Å². The molecule has 0 fully saturated rings. The number of rotatable bonds is 4. The average Bonchev–Trinajstić information content (AvgIpc) is 2.60. The number of hydrogen-bond donors (Lipinski definition) is 3. The van der Waals surface area contributed by atoms with Crippen LogP contribution in [-0.4, -0.2) is 30.4 Å². The molecule has 0 aliphatic carbocycles. The van der Waals surface area contributed by atoms with Crippen LogP contribution in [0.15, 0.2) is 18.2 Å². The molecule has 0 saturated heterocycles. The van der Waals surface area contributed by atoms with Crippen LogP contribution in [0.1, 0.15) is 37.8 Å². The average molecular weight is 313 g/mol. The maximum Gasteiger partial charge on any atom is 0.315 e. The van der Waals surface area contributed by atoms with Crippen molar-refractivity contribution >= 4 is 17.6 Å². The first kappa shape index (κ1) is 15.9. The molecule has 6 heteroatoms. The summed E-state index contributed by atoms with van der Waals surface area (Å²) in [7, 11) is 0. The number of benzene rings is 1. The highest BCUT2D eigenvalue weighted by Gasteiger charge is 2.21. The predicted octanol–water partition coefficient (Wildman–Crippen LogP) is 2.62. The molecule has 1 aliphatic heterocycles. The van der Waals surface area contributed by atoms with Crippen molar-refractivity contribution in [2.75, 3.05) is 13.2 Å². The Morgan fingerprint density at radius 3 is 3.14 bits per heavy atom. The Hall–Kier alpha value is -1.46. The van der Waals surface area contributed by atoms with E-state index in [2.05, 4.69) is 10.6 Å². The van der Waals surface area contributed by atoms with E-state index in [4.69, 9.17) is 16.3 Å². The molecular weight excluding hydrogens is 292 g/mol. The molecule has 2 atom stereocenters. The lowest BCUT2D eigenvalue weighted by molar-refractivity contribution is 0.183. The number of aliphatic hydroxyl groups is 1. The second-order valence-electron chi connectivity index (χ2n) is 5.26. The molecule has 3 N–H and O–H groups in total. The number of ether oxygens (including phenoxy) is 1. The van der Waals surface area contributed by atoms with Crippen LogP contribution in [0.25, 0.3) is 0 Å². The van der Waals surface area contributed by atoms with Crippen molar-refractivity contribution in [1.82, 2.24) is 10.6 Å². The number of nitrogens with one attached hydrogen (secondary N) is 2. The van der Waals surface area contributed by atoms with Gasteiger partial charge in [-0.25, -0.2) is 4.79 Å². The first-order valence-corrected chi connectivity index (χ1v) is 7.58. The minimum Gasteiger partial charge on any atom is -0.493 e. The molecule has 0 aromatic heterocycles. The van der Waals surface area contributed by atoms with Crippen molar-refractivity contribution in [3.63, 3.8) is 0 Å². The van der Waals surface area contributed by atoms with Gasteiger partial charge in [0.15, 0.2) is 0 Å². The van der Waals surface area contributed by atoms with Gasteiger partial charge in [-0.2, -0.15) is 0 Å². The molecule has 1 aliphatic rings. The van der Waals surface area contributed by atoms with Crippen molar-refractivity contribution in [3.8, 4) is 5.75 Å². The topological polar surface area (TPSA) is 70.6 Å². The Morgan fingerprint density at radius 1 is 1.57 bits per heavy atom. The van der Waals surface area contributed by atoms with E-state index in [0.29, 0.717) is 24.6 Å². The summed E-state index contributed by atoms with van der Waals surface area (Å²) in [6.07, 6.45) is 1.80. The minimum atomic E-state index is -0.417. The van der Waals surface area contributed by atoms with Gasteiger partial charge in [-0.1, -0.05) is 17.7 Å². The Morgan fingerprint density at radius 2 is 2.38 bits per heavy atom. The van der Waals surface area contributed by atoms with E-state index in [0.717, 1.165) is 24.2 Å². The quantitative estimate of drug-likeness (QED) is 0.800. The van der Waals surface area contributed by atoms with Crippen LogP contribution in [0.2, 0.25) is 5.02 Å². The van der Waals surface area contributed by atoms with Gasteiger partial charge in [0.25, 0.3) is 0 Å². The fourth-order valence-corrected chi connectivity index (χ4v) is 2.46. The van der Waals surface area contributed by atoms with Crippen molar-refractivity contribution in [2.24, 2.45) is 0 Å². The van der Waals surface area contributed by atoms with Gasteiger partial charge in [-0.3, -0.25) is 0 Å². The Bertz CT molecular complexity index is 494. The van der Waals surface area contributed by atoms with Crippen molar-refractivity contribution in [3.05, 3.63) is 28.8 Å². The fraction of sp³-hybridized carbons (Fsp3) is 0.533. The number of carbonyl (C=O) groups excluding carboxylic acids is 1. The zero-order valence-electron chi connectivity index (χ0n) is 12.1. The third-order valence-electron chi connectivity index (χ3n) is 3.40. The van der Waals surface area contributed by atoms with Gasteiger partial charge in [-0.15, -0.1) is 0 Å². The third-order valence-corrected chi connectivity index (χ3v) is 3.63. The maximum absolute atomic E-state index is 11.9. The predicted molar refractivity (Wildman–Crippen MR) is 81.8 cm³/mol. The number of halogens is 1. The molecule has 0 saturated carbocycles. The molecule has 0 bridgehead atoms. The SMILES string of the molecule is CC(O)CCNC(=O)NC1CCCOc2cc(Cl)ccc21. The molecule has 116 valence electrons. The lowest BCUT2D eigenvalue weighted by Gasteiger charge is -2.19. The number of aliphatic hydroxyl groups excluding tert-OH is 1. The molecular formula is C15H21ClN2O3. The van der Waals surface area contributed by atoms with Crippen molar-refractivity contribution in [1.29, 1.82) is 0 Å².